The molecular weight excluding hydrogens is 360 g/mol. The van der Waals surface area contributed by atoms with Gasteiger partial charge in [0.25, 0.3) is 15.7 Å². The van der Waals surface area contributed by atoms with Crippen molar-refractivity contribution < 1.29 is 22.8 Å². The number of nitrogens with one attached hydrogen (secondary N) is 1. The number of rotatable bonds is 4. The SMILES string of the molecule is O=[N+]([O-])c1cc(S(=O)(=O)Nc2ccc3c(c2)OCCO3)ccc1Cl. The monoisotopic (exact) mass is 370 g/mol. The molecule has 1 aliphatic heterocycles. The molecule has 8 nitrogen and oxygen atoms in total. The Labute approximate surface area is 142 Å². The molecule has 24 heavy (non-hydrogen) atoms. The average Bonchev–Trinajstić information content (AvgIpc) is 2.54. The van der Waals surface area contributed by atoms with E-state index in [1.165, 1.54) is 18.2 Å². The minimum atomic E-state index is -4.02. The molecule has 0 fully saturated rings. The van der Waals surface area contributed by atoms with Crippen molar-refractivity contribution in [2.45, 2.75) is 4.90 Å². The van der Waals surface area contributed by atoms with Crippen LogP contribution in [0.5, 0.6) is 11.5 Å². The standard InChI is InChI=1S/C14H11ClN2O6S/c15-11-3-2-10(8-12(11)17(18)19)24(20,21)16-9-1-4-13-14(7-9)23-6-5-22-13/h1-4,7-8,16H,5-6H2. The van der Waals surface area contributed by atoms with Gasteiger partial charge >= 0.3 is 0 Å². The summed E-state index contributed by atoms with van der Waals surface area (Å²) in [6, 6.07) is 7.83. The lowest BCUT2D eigenvalue weighted by molar-refractivity contribution is -0.384. The number of halogens is 1. The van der Waals surface area contributed by atoms with E-state index in [0.717, 1.165) is 12.1 Å². The third kappa shape index (κ3) is 3.22. The second kappa shape index (κ2) is 6.17. The fourth-order valence-corrected chi connectivity index (χ4v) is 3.38. The summed E-state index contributed by atoms with van der Waals surface area (Å²) in [7, 11) is -4.02. The summed E-state index contributed by atoms with van der Waals surface area (Å²) >= 11 is 5.69. The van der Waals surface area contributed by atoms with E-state index >= 15 is 0 Å². The zero-order valence-corrected chi connectivity index (χ0v) is 13.6. The van der Waals surface area contributed by atoms with Crippen molar-refractivity contribution in [2.75, 3.05) is 17.9 Å². The average molecular weight is 371 g/mol. The van der Waals surface area contributed by atoms with Gasteiger partial charge in [0.15, 0.2) is 11.5 Å². The van der Waals surface area contributed by atoms with Crippen molar-refractivity contribution in [1.82, 2.24) is 0 Å². The molecule has 2 aromatic rings. The van der Waals surface area contributed by atoms with Crippen LogP contribution >= 0.6 is 11.6 Å². The summed E-state index contributed by atoms with van der Waals surface area (Å²) in [5.74, 6) is 0.940. The van der Waals surface area contributed by atoms with Gasteiger partial charge in [0.2, 0.25) is 0 Å². The van der Waals surface area contributed by atoms with Crippen molar-refractivity contribution in [3.63, 3.8) is 0 Å². The van der Waals surface area contributed by atoms with Crippen LogP contribution in [0.3, 0.4) is 0 Å². The van der Waals surface area contributed by atoms with E-state index in [-0.39, 0.29) is 15.6 Å². The van der Waals surface area contributed by atoms with Crippen molar-refractivity contribution in [1.29, 1.82) is 0 Å². The molecule has 126 valence electrons. The summed E-state index contributed by atoms with van der Waals surface area (Å²) in [5, 5.41) is 10.8. The number of nitrogens with zero attached hydrogens (tertiary/aromatic N) is 1. The van der Waals surface area contributed by atoms with Gasteiger partial charge in [-0.15, -0.1) is 0 Å². The Hall–Kier alpha value is -2.52. The first-order valence-corrected chi connectivity index (χ1v) is 8.59. The van der Waals surface area contributed by atoms with E-state index in [4.69, 9.17) is 21.1 Å². The number of hydrogen-bond donors (Lipinski definition) is 1. The van der Waals surface area contributed by atoms with Crippen molar-refractivity contribution in [2.24, 2.45) is 0 Å². The largest absolute Gasteiger partial charge is 0.486 e. The Bertz CT molecular complexity index is 915. The summed E-state index contributed by atoms with van der Waals surface area (Å²) in [5.41, 5.74) is -0.237. The first-order valence-electron chi connectivity index (χ1n) is 6.73. The number of anilines is 1. The second-order valence-electron chi connectivity index (χ2n) is 4.83. The van der Waals surface area contributed by atoms with Gasteiger partial charge in [-0.05, 0) is 24.3 Å². The van der Waals surface area contributed by atoms with Crippen LogP contribution < -0.4 is 14.2 Å². The lowest BCUT2D eigenvalue weighted by Gasteiger charge is -2.19. The summed E-state index contributed by atoms with van der Waals surface area (Å²) in [6.07, 6.45) is 0. The summed E-state index contributed by atoms with van der Waals surface area (Å²) in [6.45, 7) is 0.791. The van der Waals surface area contributed by atoms with Crippen LogP contribution in [0.4, 0.5) is 11.4 Å². The first kappa shape index (κ1) is 16.3. The zero-order valence-electron chi connectivity index (χ0n) is 12.1. The molecule has 3 rings (SSSR count). The highest BCUT2D eigenvalue weighted by molar-refractivity contribution is 7.92. The molecule has 0 bridgehead atoms. The Kier molecular flexibility index (Phi) is 4.20. The van der Waals surface area contributed by atoms with Gasteiger partial charge < -0.3 is 9.47 Å². The topological polar surface area (TPSA) is 108 Å². The predicted octanol–water partition coefficient (Wildman–Crippen LogP) is 2.82. The fraction of sp³-hybridized carbons (Fsp3) is 0.143. The Morgan fingerprint density at radius 3 is 2.50 bits per heavy atom. The Balaban J connectivity index is 1.91. The van der Waals surface area contributed by atoms with Crippen molar-refractivity contribution in [3.05, 3.63) is 51.5 Å². The molecular formula is C14H11ClN2O6S. The summed E-state index contributed by atoms with van der Waals surface area (Å²) in [4.78, 5) is 9.88. The minimum Gasteiger partial charge on any atom is -0.486 e. The highest BCUT2D eigenvalue weighted by Crippen LogP contribution is 2.34. The minimum absolute atomic E-state index is 0.140. The quantitative estimate of drug-likeness (QED) is 0.655. The first-order chi connectivity index (χ1) is 11.4. The molecule has 0 spiro atoms. The van der Waals surface area contributed by atoms with Gasteiger partial charge in [0, 0.05) is 12.1 Å². The van der Waals surface area contributed by atoms with E-state index in [9.17, 15) is 18.5 Å². The van der Waals surface area contributed by atoms with Gasteiger partial charge in [-0.25, -0.2) is 8.42 Å². The molecule has 2 aromatic carbocycles. The zero-order chi connectivity index (χ0) is 17.3. The van der Waals surface area contributed by atoms with Gasteiger partial charge in [0.05, 0.1) is 15.5 Å². The van der Waals surface area contributed by atoms with Crippen LogP contribution in [0.1, 0.15) is 0 Å². The number of fused-ring (bicyclic) bond motifs is 1. The highest BCUT2D eigenvalue weighted by atomic mass is 35.5. The number of hydrogen-bond acceptors (Lipinski definition) is 6. The number of nitro groups is 1. The van der Waals surface area contributed by atoms with Crippen LogP contribution in [0.25, 0.3) is 0 Å². The van der Waals surface area contributed by atoms with E-state index in [2.05, 4.69) is 4.72 Å². The summed E-state index contributed by atoms with van der Waals surface area (Å²) < 4.78 is 37.9. The van der Waals surface area contributed by atoms with Crippen LogP contribution in [0.2, 0.25) is 5.02 Å². The maximum Gasteiger partial charge on any atom is 0.289 e. The second-order valence-corrected chi connectivity index (χ2v) is 6.92. The van der Waals surface area contributed by atoms with Crippen molar-refractivity contribution >= 4 is 33.0 Å². The molecule has 0 saturated carbocycles. The van der Waals surface area contributed by atoms with Crippen LogP contribution in [-0.2, 0) is 10.0 Å². The number of benzene rings is 2. The molecule has 1 heterocycles. The molecule has 10 heteroatoms. The van der Waals surface area contributed by atoms with E-state index in [1.54, 1.807) is 6.07 Å². The Morgan fingerprint density at radius 2 is 1.79 bits per heavy atom. The van der Waals surface area contributed by atoms with Gasteiger partial charge in [-0.3, -0.25) is 14.8 Å². The fourth-order valence-electron chi connectivity index (χ4n) is 2.12. The maximum absolute atomic E-state index is 12.4. The van der Waals surface area contributed by atoms with Crippen LogP contribution in [-0.4, -0.2) is 26.6 Å². The normalized spacial score (nSPS) is 13.4. The third-order valence-electron chi connectivity index (χ3n) is 3.22. The van der Waals surface area contributed by atoms with Crippen molar-refractivity contribution in [3.8, 4) is 11.5 Å². The van der Waals surface area contributed by atoms with Gasteiger partial charge in [-0.1, -0.05) is 11.6 Å². The maximum atomic E-state index is 12.4. The molecule has 0 atom stereocenters. The molecule has 0 unspecified atom stereocenters. The molecule has 1 aliphatic rings. The third-order valence-corrected chi connectivity index (χ3v) is 4.92. The lowest BCUT2D eigenvalue weighted by Crippen LogP contribution is -2.16. The lowest BCUT2D eigenvalue weighted by atomic mass is 10.3. The smallest absolute Gasteiger partial charge is 0.289 e. The predicted molar refractivity (Wildman–Crippen MR) is 86.3 cm³/mol. The molecule has 0 radical (unpaired) electrons. The number of sulfonamides is 1. The molecule has 1 N–H and O–H groups in total. The Morgan fingerprint density at radius 1 is 1.08 bits per heavy atom. The van der Waals surface area contributed by atoms with Crippen LogP contribution in [0, 0.1) is 10.1 Å². The number of nitro benzene ring substituents is 1. The molecule has 0 aliphatic carbocycles. The van der Waals surface area contributed by atoms with Gasteiger partial charge in [0.1, 0.15) is 18.2 Å². The molecule has 0 aromatic heterocycles. The molecule has 0 saturated heterocycles. The van der Waals surface area contributed by atoms with Crippen LogP contribution in [0.15, 0.2) is 41.3 Å². The van der Waals surface area contributed by atoms with E-state index in [0.29, 0.717) is 24.7 Å². The van der Waals surface area contributed by atoms with Gasteiger partial charge in [-0.2, -0.15) is 0 Å². The van der Waals surface area contributed by atoms with E-state index < -0.39 is 20.6 Å². The number of ether oxygens (including phenoxy) is 2. The van der Waals surface area contributed by atoms with E-state index in [1.807, 2.05) is 0 Å². The molecule has 0 amide bonds. The highest BCUT2D eigenvalue weighted by Gasteiger charge is 2.21.